The van der Waals surface area contributed by atoms with E-state index in [2.05, 4.69) is 19.1 Å². The number of hydrogen-bond acceptors (Lipinski definition) is 3. The second-order valence-electron chi connectivity index (χ2n) is 7.36. The smallest absolute Gasteiger partial charge is 0.308 e. The Morgan fingerprint density at radius 3 is 2.87 bits per heavy atom. The largest absolute Gasteiger partial charge is 0.427 e. The van der Waals surface area contributed by atoms with Crippen molar-refractivity contribution >= 4 is 11.8 Å². The lowest BCUT2D eigenvalue weighted by atomic mass is 9.58. The van der Waals surface area contributed by atoms with E-state index in [-0.39, 0.29) is 11.4 Å². The molecule has 3 aliphatic rings. The molecule has 120 valence electrons. The lowest BCUT2D eigenvalue weighted by Gasteiger charge is -2.45. The van der Waals surface area contributed by atoms with E-state index in [0.717, 1.165) is 25.7 Å². The minimum atomic E-state index is -0.276. The molecule has 0 heterocycles. The molecule has 2 unspecified atom stereocenters. The van der Waals surface area contributed by atoms with Gasteiger partial charge in [-0.25, -0.2) is 0 Å². The third-order valence-corrected chi connectivity index (χ3v) is 6.10. The summed E-state index contributed by atoms with van der Waals surface area (Å²) in [6, 6.07) is 6.06. The molecule has 3 nitrogen and oxygen atoms in total. The average Bonchev–Trinajstić information content (AvgIpc) is 2.82. The van der Waals surface area contributed by atoms with Crippen molar-refractivity contribution in [3.05, 3.63) is 41.0 Å². The van der Waals surface area contributed by atoms with E-state index in [1.807, 2.05) is 12.1 Å². The molecule has 1 aromatic rings. The van der Waals surface area contributed by atoms with Gasteiger partial charge in [-0.15, -0.1) is 0 Å². The van der Waals surface area contributed by atoms with E-state index < -0.39 is 0 Å². The lowest BCUT2D eigenvalue weighted by Crippen LogP contribution is -2.38. The van der Waals surface area contributed by atoms with Crippen LogP contribution in [0.5, 0.6) is 5.75 Å². The standard InChI is InChI=1S/C20H22O3/c1-12(21)23-14-4-6-15-13(11-14)3-5-17-16(15)9-10-20(2)18(17)7-8-19(20)22/h4,6-7,11,16-17H,3,5,8-10H2,1-2H3/t16?,17?,20-/m0/s1. The van der Waals surface area contributed by atoms with Gasteiger partial charge >= 0.3 is 5.97 Å². The number of benzene rings is 1. The minimum Gasteiger partial charge on any atom is -0.427 e. The SMILES string of the molecule is CC(=O)Oc1ccc2c(c1)CCC1C3=CCC(=O)[C@@]3(C)CCC21. The summed E-state index contributed by atoms with van der Waals surface area (Å²) in [6.45, 7) is 3.57. The first-order valence-electron chi connectivity index (χ1n) is 8.54. The van der Waals surface area contributed by atoms with E-state index in [1.54, 1.807) is 0 Å². The summed E-state index contributed by atoms with van der Waals surface area (Å²) in [5, 5.41) is 0. The van der Waals surface area contributed by atoms with Crippen molar-refractivity contribution in [1.29, 1.82) is 0 Å². The molecular formula is C20H22O3. The summed E-state index contributed by atoms with van der Waals surface area (Å²) in [6.07, 6.45) is 6.95. The maximum atomic E-state index is 12.3. The van der Waals surface area contributed by atoms with Gasteiger partial charge < -0.3 is 4.74 Å². The minimum absolute atomic E-state index is 0.198. The van der Waals surface area contributed by atoms with Gasteiger partial charge in [0, 0.05) is 18.8 Å². The van der Waals surface area contributed by atoms with Gasteiger partial charge in [0.15, 0.2) is 0 Å². The number of aryl methyl sites for hydroxylation is 1. The Hall–Kier alpha value is -1.90. The Balaban J connectivity index is 1.67. The van der Waals surface area contributed by atoms with Crippen LogP contribution in [0.15, 0.2) is 29.8 Å². The quantitative estimate of drug-likeness (QED) is 0.448. The van der Waals surface area contributed by atoms with Crippen LogP contribution in [0.4, 0.5) is 0 Å². The van der Waals surface area contributed by atoms with Crippen molar-refractivity contribution in [3.8, 4) is 5.75 Å². The first kappa shape index (κ1) is 14.7. The van der Waals surface area contributed by atoms with Crippen LogP contribution in [-0.4, -0.2) is 11.8 Å². The van der Waals surface area contributed by atoms with Crippen molar-refractivity contribution in [2.75, 3.05) is 0 Å². The molecule has 0 saturated heterocycles. The highest BCUT2D eigenvalue weighted by molar-refractivity contribution is 5.92. The van der Waals surface area contributed by atoms with Gasteiger partial charge in [0.2, 0.25) is 0 Å². The summed E-state index contributed by atoms with van der Waals surface area (Å²) >= 11 is 0. The maximum Gasteiger partial charge on any atom is 0.308 e. The molecule has 0 aliphatic heterocycles. The summed E-state index contributed by atoms with van der Waals surface area (Å²) in [7, 11) is 0. The number of Topliss-reactive ketones (excluding diaryl/α,β-unsaturated/α-hetero) is 1. The third-order valence-electron chi connectivity index (χ3n) is 6.10. The molecule has 1 saturated carbocycles. The van der Waals surface area contributed by atoms with Crippen molar-refractivity contribution in [2.24, 2.45) is 11.3 Å². The summed E-state index contributed by atoms with van der Waals surface area (Å²) in [5.41, 5.74) is 3.89. The third kappa shape index (κ3) is 2.17. The van der Waals surface area contributed by atoms with Crippen molar-refractivity contribution in [3.63, 3.8) is 0 Å². The fourth-order valence-electron chi connectivity index (χ4n) is 4.95. The van der Waals surface area contributed by atoms with Crippen LogP contribution >= 0.6 is 0 Å². The Kier molecular flexibility index (Phi) is 3.22. The number of ether oxygens (including phenoxy) is 1. The summed E-state index contributed by atoms with van der Waals surface area (Å²) in [5.74, 6) is 1.79. The van der Waals surface area contributed by atoms with Crippen molar-refractivity contribution in [1.82, 2.24) is 0 Å². The van der Waals surface area contributed by atoms with Gasteiger partial charge in [-0.1, -0.05) is 17.7 Å². The Morgan fingerprint density at radius 1 is 1.26 bits per heavy atom. The van der Waals surface area contributed by atoms with Gasteiger partial charge in [-0.2, -0.15) is 0 Å². The highest BCUT2D eigenvalue weighted by atomic mass is 16.5. The molecule has 0 radical (unpaired) electrons. The molecule has 3 atom stereocenters. The van der Waals surface area contributed by atoms with Crippen molar-refractivity contribution in [2.45, 2.75) is 51.9 Å². The maximum absolute atomic E-state index is 12.3. The van der Waals surface area contributed by atoms with Crippen LogP contribution in [0.25, 0.3) is 0 Å². The molecule has 0 spiro atoms. The number of carbonyl (C=O) groups excluding carboxylic acids is 2. The van der Waals surface area contributed by atoms with Gasteiger partial charge in [0.05, 0.1) is 0 Å². The molecule has 3 aliphatic carbocycles. The molecule has 0 N–H and O–H groups in total. The van der Waals surface area contributed by atoms with E-state index in [1.165, 1.54) is 23.6 Å². The Bertz CT molecular complexity index is 730. The first-order valence-corrected chi connectivity index (χ1v) is 8.54. The number of fused-ring (bicyclic) bond motifs is 5. The summed E-state index contributed by atoms with van der Waals surface area (Å²) in [4.78, 5) is 23.4. The van der Waals surface area contributed by atoms with Crippen LogP contribution in [0.1, 0.15) is 56.6 Å². The Morgan fingerprint density at radius 2 is 2.09 bits per heavy atom. The zero-order valence-electron chi connectivity index (χ0n) is 13.7. The van der Waals surface area contributed by atoms with Gasteiger partial charge in [0.25, 0.3) is 0 Å². The number of carbonyl (C=O) groups is 2. The van der Waals surface area contributed by atoms with E-state index in [0.29, 0.717) is 29.8 Å². The first-order chi connectivity index (χ1) is 11.0. The molecule has 1 fully saturated rings. The second kappa shape index (κ2) is 5.05. The number of ketones is 1. The number of esters is 1. The van der Waals surface area contributed by atoms with Gasteiger partial charge in [-0.3, -0.25) is 9.59 Å². The van der Waals surface area contributed by atoms with Crippen molar-refractivity contribution < 1.29 is 14.3 Å². The predicted molar refractivity (Wildman–Crippen MR) is 87.4 cm³/mol. The predicted octanol–water partition coefficient (Wildman–Crippen LogP) is 3.96. The molecule has 0 aromatic heterocycles. The normalized spacial score (nSPS) is 31.7. The van der Waals surface area contributed by atoms with Crippen LogP contribution in [-0.2, 0) is 16.0 Å². The molecule has 4 rings (SSSR count). The molecule has 0 amide bonds. The second-order valence-corrected chi connectivity index (χ2v) is 7.36. The van der Waals surface area contributed by atoms with E-state index in [4.69, 9.17) is 4.74 Å². The Labute approximate surface area is 136 Å². The van der Waals surface area contributed by atoms with Gasteiger partial charge in [0.1, 0.15) is 11.5 Å². The molecule has 3 heteroatoms. The van der Waals surface area contributed by atoms with E-state index in [9.17, 15) is 9.59 Å². The van der Waals surface area contributed by atoms with Crippen LogP contribution in [0.2, 0.25) is 0 Å². The number of rotatable bonds is 1. The highest BCUT2D eigenvalue weighted by Gasteiger charge is 2.49. The lowest BCUT2D eigenvalue weighted by molar-refractivity contribution is -0.132. The zero-order chi connectivity index (χ0) is 16.2. The topological polar surface area (TPSA) is 43.4 Å². The molecule has 0 bridgehead atoms. The zero-order valence-corrected chi connectivity index (χ0v) is 13.7. The van der Waals surface area contributed by atoms with Crippen LogP contribution in [0.3, 0.4) is 0 Å². The monoisotopic (exact) mass is 310 g/mol. The average molecular weight is 310 g/mol. The number of allylic oxidation sites excluding steroid dienone is 2. The van der Waals surface area contributed by atoms with Gasteiger partial charge in [-0.05, 0) is 67.7 Å². The molecular weight excluding hydrogens is 288 g/mol. The fourth-order valence-corrected chi connectivity index (χ4v) is 4.95. The highest BCUT2D eigenvalue weighted by Crippen LogP contribution is 2.57. The summed E-state index contributed by atoms with van der Waals surface area (Å²) < 4.78 is 5.22. The van der Waals surface area contributed by atoms with Crippen LogP contribution < -0.4 is 4.74 Å². The van der Waals surface area contributed by atoms with Crippen LogP contribution in [0, 0.1) is 11.3 Å². The molecule has 1 aromatic carbocycles. The number of hydrogen-bond donors (Lipinski definition) is 0. The van der Waals surface area contributed by atoms with E-state index >= 15 is 0 Å². The fraction of sp³-hybridized carbons (Fsp3) is 0.500. The molecule has 23 heavy (non-hydrogen) atoms.